The highest BCUT2D eigenvalue weighted by Crippen LogP contribution is 2.18. The first kappa shape index (κ1) is 13.0. The molecule has 3 heteroatoms. The third-order valence-corrected chi connectivity index (χ3v) is 2.64. The third-order valence-electron chi connectivity index (χ3n) is 2.64. The molecule has 0 amide bonds. The Morgan fingerprint density at radius 1 is 1.62 bits per heavy atom. The van der Waals surface area contributed by atoms with Crippen LogP contribution in [0.5, 0.6) is 0 Å². The van der Waals surface area contributed by atoms with E-state index < -0.39 is 5.60 Å². The Hall–Kier alpha value is -1.09. The molecule has 0 spiro atoms. The van der Waals surface area contributed by atoms with Crippen LogP contribution >= 0.6 is 0 Å². The van der Waals surface area contributed by atoms with Gasteiger partial charge in [-0.2, -0.15) is 5.10 Å². The van der Waals surface area contributed by atoms with E-state index in [1.54, 1.807) is 0 Å². The molecule has 0 aromatic carbocycles. The molecule has 3 nitrogen and oxygen atoms in total. The van der Waals surface area contributed by atoms with Crippen LogP contribution in [-0.2, 0) is 6.42 Å². The summed E-state index contributed by atoms with van der Waals surface area (Å²) in [5, 5.41) is 14.6. The molecule has 0 aliphatic rings. The third kappa shape index (κ3) is 3.81. The Bertz CT molecular complexity index is 339. The quantitative estimate of drug-likeness (QED) is 0.751. The van der Waals surface area contributed by atoms with Gasteiger partial charge in [0.2, 0.25) is 0 Å². The highest BCUT2D eigenvalue weighted by atomic mass is 16.3. The van der Waals surface area contributed by atoms with Crippen molar-refractivity contribution in [2.24, 2.45) is 0 Å². The van der Waals surface area contributed by atoms with E-state index in [1.807, 2.05) is 29.9 Å². The van der Waals surface area contributed by atoms with Crippen LogP contribution in [0.1, 0.15) is 45.3 Å². The molecule has 0 aliphatic carbocycles. The molecule has 0 saturated heterocycles. The van der Waals surface area contributed by atoms with Gasteiger partial charge < -0.3 is 5.11 Å². The average molecular weight is 222 g/mol. The zero-order valence-corrected chi connectivity index (χ0v) is 10.5. The van der Waals surface area contributed by atoms with Gasteiger partial charge in [-0.25, -0.2) is 0 Å². The zero-order chi connectivity index (χ0) is 12.2. The monoisotopic (exact) mass is 222 g/mol. The largest absolute Gasteiger partial charge is 0.390 e. The Labute approximate surface area is 97.8 Å². The molecule has 1 unspecified atom stereocenters. The summed E-state index contributed by atoms with van der Waals surface area (Å²) in [6.07, 6.45) is 5.95. The molecule has 1 rings (SSSR count). The van der Waals surface area contributed by atoms with Crippen molar-refractivity contribution >= 4 is 0 Å². The van der Waals surface area contributed by atoms with Crippen molar-refractivity contribution in [1.29, 1.82) is 0 Å². The molecule has 1 aromatic rings. The second-order valence-corrected chi connectivity index (χ2v) is 4.88. The van der Waals surface area contributed by atoms with Crippen molar-refractivity contribution in [3.05, 3.63) is 30.6 Å². The average Bonchev–Trinajstić information content (AvgIpc) is 2.62. The summed E-state index contributed by atoms with van der Waals surface area (Å²) >= 11 is 0. The number of rotatable bonds is 6. The van der Waals surface area contributed by atoms with Gasteiger partial charge in [0.05, 0.1) is 11.3 Å². The van der Waals surface area contributed by atoms with Crippen LogP contribution in [0.15, 0.2) is 24.9 Å². The highest BCUT2D eigenvalue weighted by molar-refractivity contribution is 5.04. The topological polar surface area (TPSA) is 38.0 Å². The molecule has 1 aromatic heterocycles. The summed E-state index contributed by atoms with van der Waals surface area (Å²) in [6.45, 7) is 9.70. The lowest BCUT2D eigenvalue weighted by molar-refractivity contribution is 0.0512. The van der Waals surface area contributed by atoms with E-state index in [0.717, 1.165) is 18.5 Å². The van der Waals surface area contributed by atoms with E-state index in [4.69, 9.17) is 0 Å². The van der Waals surface area contributed by atoms with Crippen molar-refractivity contribution in [3.8, 4) is 0 Å². The van der Waals surface area contributed by atoms with E-state index in [0.29, 0.717) is 12.5 Å². The van der Waals surface area contributed by atoms with Crippen LogP contribution in [0, 0.1) is 0 Å². The minimum atomic E-state index is -0.690. The van der Waals surface area contributed by atoms with Gasteiger partial charge >= 0.3 is 0 Å². The standard InChI is InChI=1S/C13H22N2O/c1-5-6-8-13(4,16)10-12-7-9-15(14-12)11(2)3/h5,7,9,11,16H,1,6,8,10H2,2-4H3. The summed E-state index contributed by atoms with van der Waals surface area (Å²) in [5.74, 6) is 0. The maximum Gasteiger partial charge on any atom is 0.0678 e. The van der Waals surface area contributed by atoms with Gasteiger partial charge in [0.15, 0.2) is 0 Å². The molecule has 0 fully saturated rings. The number of aliphatic hydroxyl groups is 1. The second-order valence-electron chi connectivity index (χ2n) is 4.88. The fourth-order valence-corrected chi connectivity index (χ4v) is 1.65. The van der Waals surface area contributed by atoms with Crippen molar-refractivity contribution < 1.29 is 5.11 Å². The smallest absolute Gasteiger partial charge is 0.0678 e. The first-order chi connectivity index (χ1) is 7.44. The number of aromatic nitrogens is 2. The predicted molar refractivity (Wildman–Crippen MR) is 66.4 cm³/mol. The molecule has 0 bridgehead atoms. The summed E-state index contributed by atoms with van der Waals surface area (Å²) in [5.41, 5.74) is 0.257. The summed E-state index contributed by atoms with van der Waals surface area (Å²) in [7, 11) is 0. The number of hydrogen-bond acceptors (Lipinski definition) is 2. The fraction of sp³-hybridized carbons (Fsp3) is 0.615. The SMILES string of the molecule is C=CCCC(C)(O)Cc1ccn(C(C)C)n1. The van der Waals surface area contributed by atoms with E-state index in [9.17, 15) is 5.11 Å². The van der Waals surface area contributed by atoms with Gasteiger partial charge in [-0.05, 0) is 39.7 Å². The number of hydrogen-bond donors (Lipinski definition) is 1. The van der Waals surface area contributed by atoms with Gasteiger partial charge in [0, 0.05) is 18.7 Å². The molecule has 1 atom stereocenters. The lowest BCUT2D eigenvalue weighted by Crippen LogP contribution is -2.27. The van der Waals surface area contributed by atoms with E-state index in [2.05, 4.69) is 25.5 Å². The van der Waals surface area contributed by atoms with Crippen LogP contribution in [0.3, 0.4) is 0 Å². The van der Waals surface area contributed by atoms with Crippen molar-refractivity contribution in [2.45, 2.75) is 51.7 Å². The van der Waals surface area contributed by atoms with Crippen molar-refractivity contribution in [1.82, 2.24) is 9.78 Å². The lowest BCUT2D eigenvalue weighted by Gasteiger charge is -2.21. The lowest BCUT2D eigenvalue weighted by atomic mass is 9.94. The molecule has 90 valence electrons. The molecule has 0 saturated carbocycles. The number of nitrogens with zero attached hydrogens (tertiary/aromatic N) is 2. The predicted octanol–water partition coefficient (Wildman–Crippen LogP) is 2.72. The van der Waals surface area contributed by atoms with Gasteiger partial charge in [0.25, 0.3) is 0 Å². The molecular formula is C13H22N2O. The molecule has 16 heavy (non-hydrogen) atoms. The second kappa shape index (κ2) is 5.30. The Morgan fingerprint density at radius 3 is 2.81 bits per heavy atom. The Balaban J connectivity index is 2.61. The normalized spacial score (nSPS) is 15.1. The van der Waals surface area contributed by atoms with Gasteiger partial charge in [-0.1, -0.05) is 6.08 Å². The van der Waals surface area contributed by atoms with Crippen LogP contribution in [0.2, 0.25) is 0 Å². The van der Waals surface area contributed by atoms with Crippen molar-refractivity contribution in [2.75, 3.05) is 0 Å². The fourth-order valence-electron chi connectivity index (χ4n) is 1.65. The van der Waals surface area contributed by atoms with E-state index >= 15 is 0 Å². The number of allylic oxidation sites excluding steroid dienone is 1. The van der Waals surface area contributed by atoms with Gasteiger partial charge in [-0.15, -0.1) is 6.58 Å². The summed E-state index contributed by atoms with van der Waals surface area (Å²) in [4.78, 5) is 0. The van der Waals surface area contributed by atoms with Crippen LogP contribution < -0.4 is 0 Å². The van der Waals surface area contributed by atoms with Crippen LogP contribution in [0.4, 0.5) is 0 Å². The van der Waals surface area contributed by atoms with E-state index in [1.165, 1.54) is 0 Å². The summed E-state index contributed by atoms with van der Waals surface area (Å²) in [6, 6.07) is 2.34. The van der Waals surface area contributed by atoms with Crippen LogP contribution in [-0.4, -0.2) is 20.5 Å². The van der Waals surface area contributed by atoms with Gasteiger partial charge in [0.1, 0.15) is 0 Å². The molecule has 1 N–H and O–H groups in total. The van der Waals surface area contributed by atoms with Crippen LogP contribution in [0.25, 0.3) is 0 Å². The zero-order valence-electron chi connectivity index (χ0n) is 10.5. The van der Waals surface area contributed by atoms with Crippen molar-refractivity contribution in [3.63, 3.8) is 0 Å². The van der Waals surface area contributed by atoms with Gasteiger partial charge in [-0.3, -0.25) is 4.68 Å². The minimum Gasteiger partial charge on any atom is -0.390 e. The molecular weight excluding hydrogens is 200 g/mol. The first-order valence-corrected chi connectivity index (χ1v) is 5.82. The summed E-state index contributed by atoms with van der Waals surface area (Å²) < 4.78 is 1.92. The Morgan fingerprint density at radius 2 is 2.31 bits per heavy atom. The van der Waals surface area contributed by atoms with E-state index in [-0.39, 0.29) is 0 Å². The first-order valence-electron chi connectivity index (χ1n) is 5.82. The Kier molecular flexibility index (Phi) is 4.30. The molecule has 0 radical (unpaired) electrons. The highest BCUT2D eigenvalue weighted by Gasteiger charge is 2.21. The maximum atomic E-state index is 10.1. The maximum absolute atomic E-state index is 10.1. The molecule has 0 aliphatic heterocycles. The molecule has 1 heterocycles. The minimum absolute atomic E-state index is 0.367.